The molecule has 1 aliphatic rings. The van der Waals surface area contributed by atoms with Gasteiger partial charge in [-0.1, -0.05) is 13.8 Å². The summed E-state index contributed by atoms with van der Waals surface area (Å²) < 4.78 is 13.7. The number of nitrogens with zero attached hydrogens (tertiary/aromatic N) is 2. The highest BCUT2D eigenvalue weighted by atomic mass is 16.6. The third-order valence-corrected chi connectivity index (χ3v) is 4.38. The molecule has 0 amide bonds. The molecule has 1 aliphatic heterocycles. The van der Waals surface area contributed by atoms with Crippen LogP contribution < -0.4 is 15.2 Å². The van der Waals surface area contributed by atoms with Gasteiger partial charge in [0, 0.05) is 24.6 Å². The lowest BCUT2D eigenvalue weighted by atomic mass is 10.0. The van der Waals surface area contributed by atoms with Gasteiger partial charge >= 0.3 is 0 Å². The number of rotatable bonds is 6. The zero-order valence-electron chi connectivity index (χ0n) is 13.5. The number of fused-ring (bicyclic) bond motifs is 2. The van der Waals surface area contributed by atoms with Crippen molar-refractivity contribution in [3.05, 3.63) is 18.0 Å². The molecule has 0 saturated heterocycles. The average Bonchev–Trinajstić information content (AvgIpc) is 2.89. The number of aromatic nitrogens is 2. The number of nitrogens with two attached hydrogens (primary N) is 1. The van der Waals surface area contributed by atoms with E-state index in [0.29, 0.717) is 25.7 Å². The quantitative estimate of drug-likeness (QED) is 0.891. The van der Waals surface area contributed by atoms with E-state index < -0.39 is 0 Å². The fourth-order valence-corrected chi connectivity index (χ4v) is 3.13. The number of hydrogen-bond acceptors (Lipinski definition) is 4. The van der Waals surface area contributed by atoms with Crippen LogP contribution in [0.1, 0.15) is 44.9 Å². The van der Waals surface area contributed by atoms with Crippen LogP contribution in [0.5, 0.6) is 11.5 Å². The molecule has 120 valence electrons. The average molecular weight is 303 g/mol. The molecule has 5 nitrogen and oxygen atoms in total. The lowest BCUT2D eigenvalue weighted by Crippen LogP contribution is -2.15. The van der Waals surface area contributed by atoms with E-state index in [1.807, 2.05) is 6.07 Å². The molecule has 1 aromatic heterocycles. The molecule has 2 N–H and O–H groups in total. The van der Waals surface area contributed by atoms with Gasteiger partial charge in [-0.3, -0.25) is 0 Å². The standard InChI is InChI=1S/C17H25N3O2/c1-3-12(4-2)17-19-13-10-15-16(22-9-8-21-15)11-14(13)20(17)7-5-6-18/h10-12H,3-9,18H2,1-2H3. The Bertz CT molecular complexity index is 647. The van der Waals surface area contributed by atoms with Crippen molar-refractivity contribution in [2.45, 2.75) is 45.6 Å². The molecule has 1 aromatic carbocycles. The molecule has 5 heteroatoms. The number of aryl methyl sites for hydroxylation is 1. The van der Waals surface area contributed by atoms with E-state index in [4.69, 9.17) is 20.2 Å². The molecule has 2 heterocycles. The monoisotopic (exact) mass is 303 g/mol. The number of benzene rings is 1. The fraction of sp³-hybridized carbons (Fsp3) is 0.588. The van der Waals surface area contributed by atoms with Crippen LogP contribution >= 0.6 is 0 Å². The molecular formula is C17H25N3O2. The molecule has 3 rings (SSSR count). The Morgan fingerprint density at radius 2 is 1.86 bits per heavy atom. The molecule has 0 atom stereocenters. The van der Waals surface area contributed by atoms with Crippen LogP contribution in [0.4, 0.5) is 0 Å². The summed E-state index contributed by atoms with van der Waals surface area (Å²) in [5, 5.41) is 0. The Morgan fingerprint density at radius 3 is 2.50 bits per heavy atom. The van der Waals surface area contributed by atoms with Crippen LogP contribution in [0.2, 0.25) is 0 Å². The van der Waals surface area contributed by atoms with Gasteiger partial charge in [0.05, 0.1) is 11.0 Å². The second kappa shape index (κ2) is 6.57. The van der Waals surface area contributed by atoms with E-state index >= 15 is 0 Å². The number of ether oxygens (including phenoxy) is 2. The minimum Gasteiger partial charge on any atom is -0.486 e. The van der Waals surface area contributed by atoms with E-state index in [9.17, 15) is 0 Å². The summed E-state index contributed by atoms with van der Waals surface area (Å²) >= 11 is 0. The van der Waals surface area contributed by atoms with Crippen molar-refractivity contribution >= 4 is 11.0 Å². The van der Waals surface area contributed by atoms with Gasteiger partial charge < -0.3 is 19.8 Å². The molecule has 0 aliphatic carbocycles. The zero-order chi connectivity index (χ0) is 15.5. The Morgan fingerprint density at radius 1 is 1.18 bits per heavy atom. The second-order valence-corrected chi connectivity index (χ2v) is 5.76. The van der Waals surface area contributed by atoms with E-state index in [-0.39, 0.29) is 0 Å². The fourth-order valence-electron chi connectivity index (χ4n) is 3.13. The largest absolute Gasteiger partial charge is 0.486 e. The summed E-state index contributed by atoms with van der Waals surface area (Å²) in [6.07, 6.45) is 3.14. The Kier molecular flexibility index (Phi) is 4.52. The van der Waals surface area contributed by atoms with Crippen LogP contribution in [0.3, 0.4) is 0 Å². The highest BCUT2D eigenvalue weighted by Gasteiger charge is 2.21. The maximum absolute atomic E-state index is 5.72. The lowest BCUT2D eigenvalue weighted by Gasteiger charge is -2.18. The van der Waals surface area contributed by atoms with Gasteiger partial charge in [-0.05, 0) is 25.8 Å². The first-order valence-electron chi connectivity index (χ1n) is 8.28. The molecule has 0 fully saturated rings. The summed E-state index contributed by atoms with van der Waals surface area (Å²) in [4.78, 5) is 4.90. The van der Waals surface area contributed by atoms with Crippen LogP contribution in [0.15, 0.2) is 12.1 Å². The van der Waals surface area contributed by atoms with Gasteiger partial charge in [-0.2, -0.15) is 0 Å². The summed E-state index contributed by atoms with van der Waals surface area (Å²) in [6.45, 7) is 7.24. The van der Waals surface area contributed by atoms with Crippen molar-refractivity contribution in [3.8, 4) is 11.5 Å². The summed E-state index contributed by atoms with van der Waals surface area (Å²) in [5.74, 6) is 3.27. The highest BCUT2D eigenvalue weighted by Crippen LogP contribution is 2.36. The predicted molar refractivity (Wildman–Crippen MR) is 87.7 cm³/mol. The van der Waals surface area contributed by atoms with Crippen molar-refractivity contribution in [1.82, 2.24) is 9.55 Å². The molecule has 0 radical (unpaired) electrons. The van der Waals surface area contributed by atoms with Crippen molar-refractivity contribution in [1.29, 1.82) is 0 Å². The van der Waals surface area contributed by atoms with Crippen molar-refractivity contribution in [3.63, 3.8) is 0 Å². The van der Waals surface area contributed by atoms with Gasteiger partial charge in [0.25, 0.3) is 0 Å². The van der Waals surface area contributed by atoms with Gasteiger partial charge in [0.2, 0.25) is 0 Å². The van der Waals surface area contributed by atoms with Crippen LogP contribution in [0.25, 0.3) is 11.0 Å². The molecule has 0 spiro atoms. The van der Waals surface area contributed by atoms with Crippen molar-refractivity contribution < 1.29 is 9.47 Å². The second-order valence-electron chi connectivity index (χ2n) is 5.76. The summed E-state index contributed by atoms with van der Waals surface area (Å²) in [7, 11) is 0. The maximum atomic E-state index is 5.72. The minimum absolute atomic E-state index is 0.476. The van der Waals surface area contributed by atoms with Gasteiger partial charge in [-0.15, -0.1) is 0 Å². The first-order valence-corrected chi connectivity index (χ1v) is 8.28. The normalized spacial score (nSPS) is 14.0. The summed E-state index contributed by atoms with van der Waals surface area (Å²) in [5.41, 5.74) is 7.83. The van der Waals surface area contributed by atoms with E-state index in [1.54, 1.807) is 0 Å². The topological polar surface area (TPSA) is 62.3 Å². The van der Waals surface area contributed by atoms with Gasteiger partial charge in [-0.25, -0.2) is 4.98 Å². The lowest BCUT2D eigenvalue weighted by molar-refractivity contribution is 0.172. The predicted octanol–water partition coefficient (Wildman–Crippen LogP) is 3.06. The molecule has 0 unspecified atom stereocenters. The van der Waals surface area contributed by atoms with Crippen LogP contribution in [0, 0.1) is 0 Å². The van der Waals surface area contributed by atoms with Crippen LogP contribution in [-0.2, 0) is 6.54 Å². The Balaban J connectivity index is 2.12. The molecule has 22 heavy (non-hydrogen) atoms. The number of hydrogen-bond donors (Lipinski definition) is 1. The zero-order valence-corrected chi connectivity index (χ0v) is 13.5. The first kappa shape index (κ1) is 15.2. The van der Waals surface area contributed by atoms with E-state index in [2.05, 4.69) is 24.5 Å². The minimum atomic E-state index is 0.476. The Labute approximate surface area is 131 Å². The van der Waals surface area contributed by atoms with Crippen molar-refractivity contribution in [2.24, 2.45) is 5.73 Å². The SMILES string of the molecule is CCC(CC)c1nc2cc3c(cc2n1CCCN)OCCO3. The maximum Gasteiger partial charge on any atom is 0.163 e. The van der Waals surface area contributed by atoms with E-state index in [0.717, 1.165) is 54.2 Å². The third-order valence-electron chi connectivity index (χ3n) is 4.38. The van der Waals surface area contributed by atoms with Gasteiger partial charge in [0.15, 0.2) is 11.5 Å². The first-order chi connectivity index (χ1) is 10.8. The third kappa shape index (κ3) is 2.65. The van der Waals surface area contributed by atoms with Crippen molar-refractivity contribution in [2.75, 3.05) is 19.8 Å². The smallest absolute Gasteiger partial charge is 0.163 e. The highest BCUT2D eigenvalue weighted by molar-refractivity contribution is 5.81. The summed E-state index contributed by atoms with van der Waals surface area (Å²) in [6, 6.07) is 4.08. The Hall–Kier alpha value is -1.75. The molecule has 0 bridgehead atoms. The molecule has 0 saturated carbocycles. The molecule has 2 aromatic rings. The number of imidazole rings is 1. The molecular weight excluding hydrogens is 278 g/mol. The van der Waals surface area contributed by atoms with Crippen LogP contribution in [-0.4, -0.2) is 29.3 Å². The van der Waals surface area contributed by atoms with Gasteiger partial charge in [0.1, 0.15) is 19.0 Å². The van der Waals surface area contributed by atoms with E-state index in [1.165, 1.54) is 0 Å².